The first-order valence-corrected chi connectivity index (χ1v) is 14.8. The number of unbranched alkanes of at least 4 members (excludes halogenated alkanes) is 17. The number of nitrogens with zero attached hydrogens (tertiary/aromatic N) is 2. The fourth-order valence-electron chi connectivity index (χ4n) is 5.02. The van der Waals surface area contributed by atoms with Gasteiger partial charge in [0.05, 0.1) is 6.20 Å². The molecule has 0 aromatic carbocycles. The number of rotatable bonds is 24. The maximum Gasteiger partial charge on any atom is 0.360 e. The highest BCUT2D eigenvalue weighted by atomic mass is 16.4. The van der Waals surface area contributed by atoms with E-state index in [0.29, 0.717) is 0 Å². The molecule has 0 fully saturated rings. The van der Waals surface area contributed by atoms with Crippen LogP contribution in [0.3, 0.4) is 0 Å². The lowest BCUT2D eigenvalue weighted by molar-refractivity contribution is -0.805. The minimum absolute atomic E-state index is 0.0457. The van der Waals surface area contributed by atoms with Crippen molar-refractivity contribution in [3.05, 3.63) is 24.6 Å². The zero-order valence-corrected chi connectivity index (χ0v) is 23.1. The fourth-order valence-corrected chi connectivity index (χ4v) is 5.02. The molecule has 0 spiro atoms. The average Bonchev–Trinajstić information content (AvgIpc) is 3.23. The van der Waals surface area contributed by atoms with Gasteiger partial charge in [0.2, 0.25) is 5.84 Å². The summed E-state index contributed by atoms with van der Waals surface area (Å²) in [5.74, 6) is 0.000694. The maximum absolute atomic E-state index is 11.3. The standard InChI is InChI=1S/C30H55N3O2/c1-3-4-5-6-7-8-9-10-11-12-13-14-15-16-17-18-19-20-21-22-23-24-29-32-25-26-33(29,28(2)31)27-30(34)35/h21-22,25-26,28H,3-20,23-24,27,31H2,1-2H3/p+1/b22-21+. The van der Waals surface area contributed by atoms with Crippen molar-refractivity contribution in [3.63, 3.8) is 0 Å². The van der Waals surface area contributed by atoms with Crippen LogP contribution in [-0.2, 0) is 4.79 Å². The van der Waals surface area contributed by atoms with Crippen molar-refractivity contribution in [2.45, 2.75) is 148 Å². The van der Waals surface area contributed by atoms with E-state index in [1.54, 1.807) is 6.20 Å². The highest BCUT2D eigenvalue weighted by Gasteiger charge is 2.40. The third-order valence-corrected chi connectivity index (χ3v) is 7.34. The minimum Gasteiger partial charge on any atom is -0.477 e. The number of carboxylic acid groups (broad SMARTS) is 1. The molecule has 202 valence electrons. The van der Waals surface area contributed by atoms with Crippen LogP contribution in [0.4, 0.5) is 0 Å². The van der Waals surface area contributed by atoms with Gasteiger partial charge in [0, 0.05) is 13.3 Å². The lowest BCUT2D eigenvalue weighted by Gasteiger charge is -2.34. The van der Waals surface area contributed by atoms with Crippen molar-refractivity contribution in [2.75, 3.05) is 6.54 Å². The highest BCUT2D eigenvalue weighted by molar-refractivity contribution is 5.81. The normalized spacial score (nSPS) is 18.4. The SMILES string of the molecule is CCCCCCCCCCCCCCCCCCC/C=C/CCC1=NC=C[N+]1(CC(=O)O)C(C)N. The van der Waals surface area contributed by atoms with E-state index >= 15 is 0 Å². The second kappa shape index (κ2) is 20.7. The van der Waals surface area contributed by atoms with E-state index in [4.69, 9.17) is 5.73 Å². The maximum atomic E-state index is 11.3. The molecular weight excluding hydrogens is 434 g/mol. The third-order valence-electron chi connectivity index (χ3n) is 7.34. The van der Waals surface area contributed by atoms with Gasteiger partial charge in [0.1, 0.15) is 12.4 Å². The van der Waals surface area contributed by atoms with Gasteiger partial charge in [0.15, 0.2) is 6.54 Å². The molecule has 0 bridgehead atoms. The van der Waals surface area contributed by atoms with Crippen LogP contribution in [0.2, 0.25) is 0 Å². The molecule has 5 heteroatoms. The second-order valence-electron chi connectivity index (χ2n) is 10.5. The molecule has 5 nitrogen and oxygen atoms in total. The van der Waals surface area contributed by atoms with Gasteiger partial charge in [-0.1, -0.05) is 122 Å². The van der Waals surface area contributed by atoms with E-state index in [1.165, 1.54) is 109 Å². The summed E-state index contributed by atoms with van der Waals surface area (Å²) in [6.45, 7) is 4.09. The Labute approximate surface area is 216 Å². The molecule has 0 aliphatic carbocycles. The molecule has 1 aliphatic rings. The molecule has 35 heavy (non-hydrogen) atoms. The van der Waals surface area contributed by atoms with Crippen molar-refractivity contribution in [3.8, 4) is 0 Å². The molecule has 0 saturated carbocycles. The van der Waals surface area contributed by atoms with Crippen molar-refractivity contribution in [1.82, 2.24) is 0 Å². The molecule has 0 saturated heterocycles. The molecular formula is C30H56N3O2+. The summed E-state index contributed by atoms with van der Waals surface area (Å²) in [5, 5.41) is 9.28. The first-order chi connectivity index (χ1) is 17.0. The molecule has 1 aliphatic heterocycles. The Hall–Kier alpha value is -1.46. The van der Waals surface area contributed by atoms with E-state index in [-0.39, 0.29) is 17.2 Å². The van der Waals surface area contributed by atoms with Gasteiger partial charge in [-0.2, -0.15) is 0 Å². The van der Waals surface area contributed by atoms with E-state index < -0.39 is 5.97 Å². The molecule has 0 aromatic rings. The van der Waals surface area contributed by atoms with Crippen molar-refractivity contribution >= 4 is 11.8 Å². The molecule has 0 amide bonds. The first kappa shape index (κ1) is 31.6. The number of carboxylic acids is 1. The Morgan fingerprint density at radius 2 is 1.31 bits per heavy atom. The smallest absolute Gasteiger partial charge is 0.360 e. The van der Waals surface area contributed by atoms with Gasteiger partial charge < -0.3 is 5.11 Å². The molecule has 3 N–H and O–H groups in total. The summed E-state index contributed by atoms with van der Waals surface area (Å²) < 4.78 is 0.141. The number of nitrogens with two attached hydrogens (primary N) is 1. The summed E-state index contributed by atoms with van der Waals surface area (Å²) in [7, 11) is 0. The lowest BCUT2D eigenvalue weighted by Crippen LogP contribution is -2.59. The van der Waals surface area contributed by atoms with E-state index in [1.807, 2.05) is 13.1 Å². The number of quaternary nitrogens is 1. The van der Waals surface area contributed by atoms with Gasteiger partial charge in [-0.05, 0) is 19.3 Å². The van der Waals surface area contributed by atoms with Crippen LogP contribution in [0, 0.1) is 0 Å². The largest absolute Gasteiger partial charge is 0.477 e. The number of hydrogen-bond acceptors (Lipinski definition) is 3. The van der Waals surface area contributed by atoms with Gasteiger partial charge in [-0.25, -0.2) is 14.3 Å². The number of allylic oxidation sites excluding steroid dienone is 2. The highest BCUT2D eigenvalue weighted by Crippen LogP contribution is 2.22. The summed E-state index contributed by atoms with van der Waals surface area (Å²) in [6, 6.07) is 0. The van der Waals surface area contributed by atoms with Crippen LogP contribution in [0.5, 0.6) is 0 Å². The van der Waals surface area contributed by atoms with Crippen LogP contribution in [-0.4, -0.2) is 34.1 Å². The molecule has 0 radical (unpaired) electrons. The Morgan fingerprint density at radius 1 is 0.857 bits per heavy atom. The summed E-state index contributed by atoms with van der Waals surface area (Å²) in [6.07, 6.45) is 34.3. The Kier molecular flexibility index (Phi) is 18.7. The van der Waals surface area contributed by atoms with Gasteiger partial charge in [0.25, 0.3) is 0 Å². The molecule has 1 rings (SSSR count). The topological polar surface area (TPSA) is 75.7 Å². The number of carbonyl (C=O) groups is 1. The molecule has 2 atom stereocenters. The number of aliphatic carboxylic acids is 1. The second-order valence-corrected chi connectivity index (χ2v) is 10.5. The summed E-state index contributed by atoms with van der Waals surface area (Å²) in [5.41, 5.74) is 6.11. The van der Waals surface area contributed by atoms with Gasteiger partial charge in [-0.15, -0.1) is 0 Å². The Bertz CT molecular complexity index is 627. The average molecular weight is 491 g/mol. The van der Waals surface area contributed by atoms with Gasteiger partial charge in [-0.3, -0.25) is 5.73 Å². The summed E-state index contributed by atoms with van der Waals surface area (Å²) in [4.78, 5) is 15.7. The predicted molar refractivity (Wildman–Crippen MR) is 150 cm³/mol. The number of amidine groups is 1. The number of hydrogen-bond donors (Lipinski definition) is 2. The van der Waals surface area contributed by atoms with Crippen LogP contribution < -0.4 is 5.73 Å². The van der Waals surface area contributed by atoms with E-state index in [2.05, 4.69) is 24.1 Å². The zero-order chi connectivity index (χ0) is 25.6. The van der Waals surface area contributed by atoms with E-state index in [9.17, 15) is 9.90 Å². The molecule has 2 unspecified atom stereocenters. The van der Waals surface area contributed by atoms with Crippen molar-refractivity contribution in [2.24, 2.45) is 10.7 Å². The zero-order valence-electron chi connectivity index (χ0n) is 23.1. The van der Waals surface area contributed by atoms with Crippen LogP contribution in [0.15, 0.2) is 29.5 Å². The van der Waals surface area contributed by atoms with Crippen molar-refractivity contribution in [1.29, 1.82) is 0 Å². The summed E-state index contributed by atoms with van der Waals surface area (Å²) >= 11 is 0. The van der Waals surface area contributed by atoms with Crippen LogP contribution in [0.1, 0.15) is 142 Å². The lowest BCUT2D eigenvalue weighted by atomic mass is 10.0. The van der Waals surface area contributed by atoms with Crippen molar-refractivity contribution < 1.29 is 14.4 Å². The quantitative estimate of drug-likeness (QED) is 0.0809. The van der Waals surface area contributed by atoms with E-state index in [0.717, 1.165) is 25.1 Å². The Balaban J connectivity index is 1.91. The fraction of sp³-hybridized carbons (Fsp3) is 0.800. The van der Waals surface area contributed by atoms with Gasteiger partial charge >= 0.3 is 5.97 Å². The third kappa shape index (κ3) is 14.6. The monoisotopic (exact) mass is 490 g/mol. The Morgan fingerprint density at radius 3 is 1.77 bits per heavy atom. The molecule has 1 heterocycles. The molecule has 0 aromatic heterocycles. The first-order valence-electron chi connectivity index (χ1n) is 14.8. The predicted octanol–water partition coefficient (Wildman–Crippen LogP) is 8.45. The van der Waals surface area contributed by atoms with Crippen LogP contribution >= 0.6 is 0 Å². The number of aliphatic imine (C=N–C) groups is 1. The minimum atomic E-state index is -0.851. The van der Waals surface area contributed by atoms with Crippen LogP contribution in [0.25, 0.3) is 0 Å².